The summed E-state index contributed by atoms with van der Waals surface area (Å²) in [6.45, 7) is 8.58. The van der Waals surface area contributed by atoms with E-state index in [0.717, 1.165) is 17.0 Å². The third-order valence-corrected chi connectivity index (χ3v) is 3.34. The molecule has 3 N–H and O–H groups in total. The lowest BCUT2D eigenvalue weighted by Crippen LogP contribution is -2.48. The van der Waals surface area contributed by atoms with Crippen LogP contribution in [0.1, 0.15) is 32.2 Å². The Hall–Kier alpha value is -1.84. The molecule has 25 heavy (non-hydrogen) atoms. The summed E-state index contributed by atoms with van der Waals surface area (Å²) in [7, 11) is 1.67. The number of hydrogen-bond acceptors (Lipinski definition) is 3. The molecule has 0 saturated carbocycles. The number of rotatable bonds is 4. The molecule has 2 heterocycles. The van der Waals surface area contributed by atoms with Gasteiger partial charge in [-0.1, -0.05) is 6.07 Å². The van der Waals surface area contributed by atoms with E-state index in [1.54, 1.807) is 7.05 Å². The SMILES string of the molecule is CN=C(NCC(=O)NC(C)(C)C)NCc1cn2c(C)cccc2n1.I. The van der Waals surface area contributed by atoms with Crippen LogP contribution in [0.25, 0.3) is 5.65 Å². The van der Waals surface area contributed by atoms with Gasteiger partial charge in [-0.3, -0.25) is 9.79 Å². The number of imidazole rings is 1. The first-order valence-electron chi connectivity index (χ1n) is 7.97. The molecular formula is C17H27IN6O. The van der Waals surface area contributed by atoms with Crippen LogP contribution in [0.5, 0.6) is 0 Å². The van der Waals surface area contributed by atoms with Crippen molar-refractivity contribution in [3.8, 4) is 0 Å². The highest BCUT2D eigenvalue weighted by molar-refractivity contribution is 14.0. The fourth-order valence-corrected chi connectivity index (χ4v) is 2.31. The smallest absolute Gasteiger partial charge is 0.239 e. The van der Waals surface area contributed by atoms with E-state index in [0.29, 0.717) is 12.5 Å². The minimum Gasteiger partial charge on any atom is -0.351 e. The maximum absolute atomic E-state index is 11.8. The van der Waals surface area contributed by atoms with E-state index < -0.39 is 0 Å². The van der Waals surface area contributed by atoms with Crippen molar-refractivity contribution in [1.29, 1.82) is 0 Å². The molecule has 7 nitrogen and oxygen atoms in total. The standard InChI is InChI=1S/C17H26N6O.HI/c1-12-7-6-8-14-21-13(11-23(12)14)9-19-16(18-5)20-10-15(24)22-17(2,3)4;/h6-8,11H,9-10H2,1-5H3,(H,22,24)(H2,18,19,20);1H. The van der Waals surface area contributed by atoms with Gasteiger partial charge < -0.3 is 20.4 Å². The van der Waals surface area contributed by atoms with E-state index in [9.17, 15) is 4.79 Å². The molecule has 0 bridgehead atoms. The van der Waals surface area contributed by atoms with Crippen molar-refractivity contribution >= 4 is 41.5 Å². The number of halogens is 1. The summed E-state index contributed by atoms with van der Waals surface area (Å²) in [4.78, 5) is 20.5. The van der Waals surface area contributed by atoms with E-state index in [2.05, 4.69) is 25.9 Å². The second-order valence-corrected chi connectivity index (χ2v) is 6.71. The molecular weight excluding hydrogens is 431 g/mol. The van der Waals surface area contributed by atoms with Crippen LogP contribution >= 0.6 is 24.0 Å². The predicted octanol–water partition coefficient (Wildman–Crippen LogP) is 1.84. The van der Waals surface area contributed by atoms with Gasteiger partial charge in [0.2, 0.25) is 5.91 Å². The van der Waals surface area contributed by atoms with Crippen LogP contribution in [0.3, 0.4) is 0 Å². The molecule has 0 aliphatic carbocycles. The van der Waals surface area contributed by atoms with Gasteiger partial charge in [0.15, 0.2) is 5.96 Å². The third-order valence-electron chi connectivity index (χ3n) is 3.34. The Kier molecular flexibility index (Phi) is 7.65. The lowest BCUT2D eigenvalue weighted by molar-refractivity contribution is -0.121. The van der Waals surface area contributed by atoms with Gasteiger partial charge >= 0.3 is 0 Å². The van der Waals surface area contributed by atoms with Gasteiger partial charge in [-0.25, -0.2) is 4.98 Å². The van der Waals surface area contributed by atoms with Crippen molar-refractivity contribution in [3.63, 3.8) is 0 Å². The summed E-state index contributed by atoms with van der Waals surface area (Å²) in [5.41, 5.74) is 2.71. The number of aromatic nitrogens is 2. The quantitative estimate of drug-likeness (QED) is 0.371. The van der Waals surface area contributed by atoms with Crippen molar-refractivity contribution < 1.29 is 4.79 Å². The van der Waals surface area contributed by atoms with Gasteiger partial charge in [0.1, 0.15) is 5.65 Å². The van der Waals surface area contributed by atoms with Crippen LogP contribution in [-0.2, 0) is 11.3 Å². The zero-order valence-electron chi connectivity index (χ0n) is 15.4. The van der Waals surface area contributed by atoms with Gasteiger partial charge in [0.05, 0.1) is 18.8 Å². The third kappa shape index (κ3) is 6.52. The Morgan fingerprint density at radius 1 is 1.28 bits per heavy atom. The number of carbonyl (C=O) groups excluding carboxylic acids is 1. The molecule has 0 aliphatic heterocycles. The van der Waals surface area contributed by atoms with Gasteiger partial charge in [0.25, 0.3) is 0 Å². The number of amides is 1. The lowest BCUT2D eigenvalue weighted by Gasteiger charge is -2.21. The first-order valence-corrected chi connectivity index (χ1v) is 7.97. The summed E-state index contributed by atoms with van der Waals surface area (Å²) in [6, 6.07) is 6.00. The van der Waals surface area contributed by atoms with Crippen LogP contribution in [-0.4, -0.2) is 40.4 Å². The molecule has 0 radical (unpaired) electrons. The van der Waals surface area contributed by atoms with Crippen LogP contribution in [0, 0.1) is 6.92 Å². The highest BCUT2D eigenvalue weighted by atomic mass is 127. The summed E-state index contributed by atoms with van der Waals surface area (Å²) in [5, 5.41) is 9.06. The van der Waals surface area contributed by atoms with E-state index in [-0.39, 0.29) is 42.0 Å². The number of pyridine rings is 1. The minimum absolute atomic E-state index is 0. The van der Waals surface area contributed by atoms with Crippen molar-refractivity contribution in [2.45, 2.75) is 39.8 Å². The fourth-order valence-electron chi connectivity index (χ4n) is 2.31. The Morgan fingerprint density at radius 2 is 2.00 bits per heavy atom. The second kappa shape index (κ2) is 9.02. The number of nitrogens with zero attached hydrogens (tertiary/aromatic N) is 3. The Morgan fingerprint density at radius 3 is 2.60 bits per heavy atom. The second-order valence-electron chi connectivity index (χ2n) is 6.71. The average Bonchev–Trinajstić information content (AvgIpc) is 2.90. The number of guanidine groups is 1. The maximum Gasteiger partial charge on any atom is 0.239 e. The van der Waals surface area contributed by atoms with E-state index >= 15 is 0 Å². The minimum atomic E-state index is -0.246. The summed E-state index contributed by atoms with van der Waals surface area (Å²) in [5.74, 6) is 0.488. The van der Waals surface area contributed by atoms with Gasteiger partial charge in [0, 0.05) is 24.5 Å². The molecule has 8 heteroatoms. The topological polar surface area (TPSA) is 82.8 Å². The van der Waals surface area contributed by atoms with Crippen LogP contribution in [0.4, 0.5) is 0 Å². The van der Waals surface area contributed by atoms with Crippen molar-refractivity contribution in [2.24, 2.45) is 4.99 Å². The number of hydrogen-bond donors (Lipinski definition) is 3. The van der Waals surface area contributed by atoms with Gasteiger partial charge in [-0.15, -0.1) is 24.0 Å². The monoisotopic (exact) mass is 458 g/mol. The molecule has 138 valence electrons. The molecule has 2 aromatic heterocycles. The van der Waals surface area contributed by atoms with E-state index in [1.807, 2.05) is 56.5 Å². The average molecular weight is 458 g/mol. The summed E-state index contributed by atoms with van der Waals surface area (Å²) < 4.78 is 2.05. The van der Waals surface area contributed by atoms with E-state index in [1.165, 1.54) is 0 Å². The Balaban J connectivity index is 0.00000312. The molecule has 0 unspecified atom stereocenters. The first kappa shape index (κ1) is 21.2. The van der Waals surface area contributed by atoms with E-state index in [4.69, 9.17) is 0 Å². The Bertz CT molecular complexity index is 747. The van der Waals surface area contributed by atoms with Crippen LogP contribution in [0.2, 0.25) is 0 Å². The summed E-state index contributed by atoms with van der Waals surface area (Å²) >= 11 is 0. The number of nitrogens with one attached hydrogen (secondary N) is 3. The molecule has 0 fully saturated rings. The van der Waals surface area contributed by atoms with Gasteiger partial charge in [-0.05, 0) is 39.8 Å². The Labute approximate surface area is 165 Å². The highest BCUT2D eigenvalue weighted by Crippen LogP contribution is 2.08. The lowest BCUT2D eigenvalue weighted by atomic mass is 10.1. The normalized spacial score (nSPS) is 11.8. The van der Waals surface area contributed by atoms with Crippen LogP contribution < -0.4 is 16.0 Å². The zero-order chi connectivity index (χ0) is 17.7. The highest BCUT2D eigenvalue weighted by Gasteiger charge is 2.13. The molecule has 2 rings (SSSR count). The van der Waals surface area contributed by atoms with Crippen molar-refractivity contribution in [1.82, 2.24) is 25.3 Å². The maximum atomic E-state index is 11.8. The molecule has 0 aliphatic rings. The number of carbonyl (C=O) groups is 1. The molecule has 0 spiro atoms. The predicted molar refractivity (Wildman–Crippen MR) is 111 cm³/mol. The fraction of sp³-hybridized carbons (Fsp3) is 0.471. The number of aliphatic imine (C=N–C) groups is 1. The molecule has 2 aromatic rings. The first-order chi connectivity index (χ1) is 11.3. The summed E-state index contributed by atoms with van der Waals surface area (Å²) in [6.07, 6.45) is 2.00. The molecule has 0 saturated heterocycles. The molecule has 0 atom stereocenters. The molecule has 1 amide bonds. The number of aryl methyl sites for hydroxylation is 1. The van der Waals surface area contributed by atoms with Gasteiger partial charge in [-0.2, -0.15) is 0 Å². The largest absolute Gasteiger partial charge is 0.351 e. The number of fused-ring (bicyclic) bond motifs is 1. The van der Waals surface area contributed by atoms with Crippen molar-refractivity contribution in [2.75, 3.05) is 13.6 Å². The molecule has 0 aromatic carbocycles. The van der Waals surface area contributed by atoms with Crippen LogP contribution in [0.15, 0.2) is 29.4 Å². The van der Waals surface area contributed by atoms with Crippen molar-refractivity contribution in [3.05, 3.63) is 35.8 Å². The zero-order valence-corrected chi connectivity index (χ0v) is 17.7.